The first-order valence-electron chi connectivity index (χ1n) is 8.08. The van der Waals surface area contributed by atoms with Crippen LogP contribution in [-0.2, 0) is 9.59 Å². The first-order valence-corrected chi connectivity index (χ1v) is 8.08. The molecule has 1 rings (SSSR count). The highest BCUT2D eigenvalue weighted by Gasteiger charge is 2.34. The number of nitrogens with zero attached hydrogens (tertiary/aromatic N) is 1. The highest BCUT2D eigenvalue weighted by Crippen LogP contribution is 2.21. The summed E-state index contributed by atoms with van der Waals surface area (Å²) in [5, 5.41) is 36.0. The van der Waals surface area contributed by atoms with E-state index in [-0.39, 0.29) is 19.2 Å². The molecule has 0 spiro atoms. The van der Waals surface area contributed by atoms with Crippen molar-refractivity contribution in [2.75, 3.05) is 19.6 Å². The zero-order valence-electron chi connectivity index (χ0n) is 13.4. The summed E-state index contributed by atoms with van der Waals surface area (Å²) in [6.45, 7) is 1.65. The van der Waals surface area contributed by atoms with Crippen molar-refractivity contribution in [2.24, 2.45) is 11.7 Å². The second-order valence-electron chi connectivity index (χ2n) is 6.42. The molecule has 9 heteroatoms. The first-order chi connectivity index (χ1) is 10.7. The summed E-state index contributed by atoms with van der Waals surface area (Å²) >= 11 is 0. The Morgan fingerprint density at radius 1 is 1.22 bits per heavy atom. The van der Waals surface area contributed by atoms with Crippen LogP contribution in [0.25, 0.3) is 0 Å². The summed E-state index contributed by atoms with van der Waals surface area (Å²) in [6.07, 6.45) is 3.13. The number of hydrogen-bond acceptors (Lipinski definition) is 6. The number of piperidine rings is 1. The second kappa shape index (κ2) is 9.22. The molecule has 0 aromatic heterocycles. The van der Waals surface area contributed by atoms with Crippen LogP contribution in [-0.4, -0.2) is 69.4 Å². The summed E-state index contributed by atoms with van der Waals surface area (Å²) in [7, 11) is -1.38. The van der Waals surface area contributed by atoms with Crippen molar-refractivity contribution in [3.8, 4) is 0 Å². The largest absolute Gasteiger partial charge is 0.481 e. The molecular formula is C14H27BN2O6. The van der Waals surface area contributed by atoms with E-state index < -0.39 is 30.5 Å². The van der Waals surface area contributed by atoms with Gasteiger partial charge in [-0.25, -0.2) is 0 Å². The number of carboxylic acid groups (broad SMARTS) is 2. The van der Waals surface area contributed by atoms with E-state index in [9.17, 15) is 14.7 Å². The lowest BCUT2D eigenvalue weighted by Crippen LogP contribution is -2.51. The lowest BCUT2D eigenvalue weighted by molar-refractivity contribution is -0.146. The summed E-state index contributed by atoms with van der Waals surface area (Å²) in [5.41, 5.74) is 4.64. The number of unbranched alkanes of at least 4 members (excludes halogenated alkanes) is 1. The summed E-state index contributed by atoms with van der Waals surface area (Å²) < 4.78 is 0. The van der Waals surface area contributed by atoms with Gasteiger partial charge in [-0.3, -0.25) is 9.59 Å². The molecule has 23 heavy (non-hydrogen) atoms. The van der Waals surface area contributed by atoms with Gasteiger partial charge in [-0.15, -0.1) is 0 Å². The average molecular weight is 330 g/mol. The normalized spacial score (nSPS) is 21.6. The quantitative estimate of drug-likeness (QED) is 0.269. The molecule has 132 valence electrons. The van der Waals surface area contributed by atoms with Gasteiger partial charge in [0.2, 0.25) is 0 Å². The van der Waals surface area contributed by atoms with Crippen LogP contribution in [0.5, 0.6) is 0 Å². The monoisotopic (exact) mass is 330 g/mol. The van der Waals surface area contributed by atoms with Gasteiger partial charge in [-0.2, -0.15) is 0 Å². The van der Waals surface area contributed by atoms with Crippen LogP contribution in [0, 0.1) is 5.92 Å². The minimum Gasteiger partial charge on any atom is -0.481 e. The van der Waals surface area contributed by atoms with Gasteiger partial charge in [0, 0.05) is 13.1 Å². The molecular weight excluding hydrogens is 303 g/mol. The van der Waals surface area contributed by atoms with Gasteiger partial charge in [0.05, 0.1) is 5.92 Å². The van der Waals surface area contributed by atoms with Crippen molar-refractivity contribution in [1.29, 1.82) is 0 Å². The van der Waals surface area contributed by atoms with Crippen molar-refractivity contribution in [3.63, 3.8) is 0 Å². The van der Waals surface area contributed by atoms with Crippen LogP contribution in [0.4, 0.5) is 0 Å². The molecule has 1 saturated heterocycles. The highest BCUT2D eigenvalue weighted by molar-refractivity contribution is 6.40. The highest BCUT2D eigenvalue weighted by atomic mass is 16.4. The van der Waals surface area contributed by atoms with Crippen LogP contribution >= 0.6 is 0 Å². The molecule has 0 saturated carbocycles. The van der Waals surface area contributed by atoms with E-state index in [1.807, 2.05) is 4.90 Å². The Labute approximate surface area is 136 Å². The number of rotatable bonds is 10. The van der Waals surface area contributed by atoms with Crippen molar-refractivity contribution in [2.45, 2.75) is 50.4 Å². The zero-order valence-corrected chi connectivity index (χ0v) is 13.4. The Morgan fingerprint density at radius 2 is 1.91 bits per heavy atom. The number of nitrogens with two attached hydrogens (primary N) is 1. The molecule has 1 aliphatic rings. The molecule has 1 aliphatic heterocycles. The minimum atomic E-state index is -1.38. The zero-order chi connectivity index (χ0) is 17.5. The van der Waals surface area contributed by atoms with Crippen LogP contribution in [0.3, 0.4) is 0 Å². The van der Waals surface area contributed by atoms with Gasteiger partial charge in [0.1, 0.15) is 5.54 Å². The van der Waals surface area contributed by atoms with Crippen LogP contribution in [0.15, 0.2) is 0 Å². The Hall–Kier alpha value is -1.16. The van der Waals surface area contributed by atoms with Crippen LogP contribution in [0.1, 0.15) is 38.5 Å². The van der Waals surface area contributed by atoms with Crippen molar-refractivity contribution >= 4 is 19.1 Å². The smallest absolute Gasteiger partial charge is 0.451 e. The average Bonchev–Trinajstić information content (AvgIpc) is 2.49. The molecule has 8 nitrogen and oxygen atoms in total. The molecule has 1 heterocycles. The van der Waals surface area contributed by atoms with Gasteiger partial charge in [0.25, 0.3) is 0 Å². The van der Waals surface area contributed by atoms with Gasteiger partial charge in [-0.1, -0.05) is 12.8 Å². The lowest BCUT2D eigenvalue weighted by atomic mass is 9.81. The van der Waals surface area contributed by atoms with Crippen LogP contribution in [0.2, 0.25) is 6.32 Å². The van der Waals surface area contributed by atoms with E-state index in [0.717, 1.165) is 13.0 Å². The molecule has 6 N–H and O–H groups in total. The standard InChI is InChI=1S/C14H27BN2O6/c16-14(13(20)21,5-1-2-7-15(22)23)6-9-17-8-3-4-11(10-17)12(18)19/h11,22-23H,1-10,16H2,(H,18,19)(H,20,21)/t11-,14?/m1/s1. The van der Waals surface area contributed by atoms with E-state index in [0.29, 0.717) is 32.4 Å². The van der Waals surface area contributed by atoms with E-state index in [4.69, 9.17) is 20.9 Å². The fraction of sp³-hybridized carbons (Fsp3) is 0.857. The molecule has 0 aliphatic carbocycles. The van der Waals surface area contributed by atoms with Gasteiger partial charge >= 0.3 is 19.1 Å². The van der Waals surface area contributed by atoms with E-state index in [1.165, 1.54) is 0 Å². The third kappa shape index (κ3) is 6.86. The maximum Gasteiger partial charge on any atom is 0.451 e. The molecule has 0 aromatic carbocycles. The number of carboxylic acids is 2. The SMILES string of the molecule is NC(CCCCB(O)O)(CCN1CCC[C@@H](C(=O)O)C1)C(=O)O. The predicted molar refractivity (Wildman–Crippen MR) is 84.8 cm³/mol. The van der Waals surface area contributed by atoms with Gasteiger partial charge < -0.3 is 30.9 Å². The molecule has 0 radical (unpaired) electrons. The van der Waals surface area contributed by atoms with Crippen molar-refractivity contribution in [3.05, 3.63) is 0 Å². The van der Waals surface area contributed by atoms with Gasteiger partial charge in [0.15, 0.2) is 0 Å². The predicted octanol–water partition coefficient (Wildman–Crippen LogP) is -0.402. The second-order valence-corrected chi connectivity index (χ2v) is 6.42. The lowest BCUT2D eigenvalue weighted by Gasteiger charge is -2.33. The van der Waals surface area contributed by atoms with Crippen molar-refractivity contribution < 1.29 is 29.9 Å². The summed E-state index contributed by atoms with van der Waals surface area (Å²) in [5.74, 6) is -2.28. The van der Waals surface area contributed by atoms with E-state index in [1.54, 1.807) is 0 Å². The molecule has 1 fully saturated rings. The first kappa shape index (κ1) is 19.9. The van der Waals surface area contributed by atoms with E-state index in [2.05, 4.69) is 0 Å². The maximum atomic E-state index is 11.5. The number of hydrogen-bond donors (Lipinski definition) is 5. The number of aliphatic carboxylic acids is 2. The maximum absolute atomic E-state index is 11.5. The Balaban J connectivity index is 2.45. The number of carbonyl (C=O) groups is 2. The third-order valence-electron chi connectivity index (χ3n) is 4.49. The van der Waals surface area contributed by atoms with Crippen molar-refractivity contribution in [1.82, 2.24) is 4.90 Å². The Kier molecular flexibility index (Phi) is 7.97. The molecule has 1 unspecified atom stereocenters. The fourth-order valence-corrected chi connectivity index (χ4v) is 2.92. The molecule has 0 amide bonds. The summed E-state index contributed by atoms with van der Waals surface area (Å²) in [6, 6.07) is 0. The third-order valence-corrected chi connectivity index (χ3v) is 4.49. The van der Waals surface area contributed by atoms with E-state index >= 15 is 0 Å². The number of likely N-dealkylation sites (tertiary alicyclic amines) is 1. The molecule has 0 aromatic rings. The Morgan fingerprint density at radius 3 is 2.48 bits per heavy atom. The fourth-order valence-electron chi connectivity index (χ4n) is 2.92. The minimum absolute atomic E-state index is 0.197. The topological polar surface area (TPSA) is 144 Å². The van der Waals surface area contributed by atoms with Crippen LogP contribution < -0.4 is 5.73 Å². The molecule has 0 bridgehead atoms. The molecule has 2 atom stereocenters. The van der Waals surface area contributed by atoms with Gasteiger partial charge in [-0.05, 0) is 38.5 Å². The summed E-state index contributed by atoms with van der Waals surface area (Å²) in [4.78, 5) is 24.5. The Bertz CT molecular complexity index is 409.